The standard InChI is InChI=1S/C16H19FN4O/c1-11-6-14(20-5-4-19-10-20)3-2-12(11)8-21-9-13(17)7-15(21)16(18)22/h2-6,10,13,15H,7-9H2,1H3,(H2,18,22)/t13-,15+/m1/s1. The van der Waals surface area contributed by atoms with E-state index in [1.807, 2.05) is 34.7 Å². The van der Waals surface area contributed by atoms with Gasteiger partial charge in [0.15, 0.2) is 0 Å². The van der Waals surface area contributed by atoms with E-state index in [1.165, 1.54) is 0 Å². The molecule has 0 radical (unpaired) electrons. The van der Waals surface area contributed by atoms with E-state index in [0.29, 0.717) is 6.54 Å². The predicted octanol–water partition coefficient (Wildman–Crippen LogP) is 1.58. The maximum absolute atomic E-state index is 13.6. The third-order valence-electron chi connectivity index (χ3n) is 4.18. The summed E-state index contributed by atoms with van der Waals surface area (Å²) in [6, 6.07) is 5.54. The fourth-order valence-electron chi connectivity index (χ4n) is 2.97. The molecule has 1 aliphatic rings. The summed E-state index contributed by atoms with van der Waals surface area (Å²) in [4.78, 5) is 17.3. The minimum absolute atomic E-state index is 0.196. The molecular weight excluding hydrogens is 283 g/mol. The van der Waals surface area contributed by atoms with E-state index in [0.717, 1.165) is 16.8 Å². The van der Waals surface area contributed by atoms with Crippen molar-refractivity contribution in [1.29, 1.82) is 0 Å². The van der Waals surface area contributed by atoms with Crippen molar-refractivity contribution >= 4 is 5.91 Å². The van der Waals surface area contributed by atoms with Crippen LogP contribution in [0, 0.1) is 6.92 Å². The van der Waals surface area contributed by atoms with Gasteiger partial charge in [0.1, 0.15) is 6.17 Å². The summed E-state index contributed by atoms with van der Waals surface area (Å²) < 4.78 is 15.5. The van der Waals surface area contributed by atoms with Crippen LogP contribution in [0.25, 0.3) is 5.69 Å². The number of imidazole rings is 1. The van der Waals surface area contributed by atoms with Crippen LogP contribution in [0.4, 0.5) is 4.39 Å². The summed E-state index contributed by atoms with van der Waals surface area (Å²) in [5.41, 5.74) is 8.56. The van der Waals surface area contributed by atoms with E-state index in [-0.39, 0.29) is 13.0 Å². The number of carbonyl (C=O) groups excluding carboxylic acids is 1. The van der Waals surface area contributed by atoms with Crippen LogP contribution in [-0.2, 0) is 11.3 Å². The number of aryl methyl sites for hydroxylation is 1. The lowest BCUT2D eigenvalue weighted by molar-refractivity contribution is -0.122. The molecule has 0 unspecified atom stereocenters. The summed E-state index contributed by atoms with van der Waals surface area (Å²) in [6.45, 7) is 2.80. The van der Waals surface area contributed by atoms with E-state index in [1.54, 1.807) is 12.5 Å². The van der Waals surface area contributed by atoms with Crippen LogP contribution in [0.3, 0.4) is 0 Å². The smallest absolute Gasteiger partial charge is 0.234 e. The van der Waals surface area contributed by atoms with Gasteiger partial charge in [-0.25, -0.2) is 9.37 Å². The lowest BCUT2D eigenvalue weighted by atomic mass is 10.1. The normalized spacial score (nSPS) is 22.1. The highest BCUT2D eigenvalue weighted by Gasteiger charge is 2.35. The molecule has 2 atom stereocenters. The van der Waals surface area contributed by atoms with E-state index in [2.05, 4.69) is 11.1 Å². The Morgan fingerprint density at radius 3 is 2.95 bits per heavy atom. The highest BCUT2D eigenvalue weighted by molar-refractivity contribution is 5.80. The van der Waals surface area contributed by atoms with Crippen molar-refractivity contribution < 1.29 is 9.18 Å². The fourth-order valence-corrected chi connectivity index (χ4v) is 2.97. The molecule has 2 aromatic rings. The first kappa shape index (κ1) is 14.7. The third-order valence-corrected chi connectivity index (χ3v) is 4.18. The summed E-state index contributed by atoms with van der Waals surface area (Å²) in [5, 5.41) is 0. The zero-order valence-corrected chi connectivity index (χ0v) is 12.4. The van der Waals surface area contributed by atoms with Gasteiger partial charge in [-0.05, 0) is 30.2 Å². The van der Waals surface area contributed by atoms with Crippen LogP contribution in [0.5, 0.6) is 0 Å². The number of hydrogen-bond acceptors (Lipinski definition) is 3. The number of likely N-dealkylation sites (tertiary alicyclic amines) is 1. The first-order chi connectivity index (χ1) is 10.5. The molecule has 1 aromatic heterocycles. The van der Waals surface area contributed by atoms with Crippen LogP contribution in [0.1, 0.15) is 17.5 Å². The minimum Gasteiger partial charge on any atom is -0.368 e. The largest absolute Gasteiger partial charge is 0.368 e. The average molecular weight is 302 g/mol. The molecule has 2 N–H and O–H groups in total. The van der Waals surface area contributed by atoms with Gasteiger partial charge >= 0.3 is 0 Å². The molecule has 5 nitrogen and oxygen atoms in total. The Hall–Kier alpha value is -2.21. The first-order valence-corrected chi connectivity index (χ1v) is 7.30. The Bertz CT molecular complexity index is 671. The van der Waals surface area contributed by atoms with Gasteiger partial charge in [0.2, 0.25) is 5.91 Å². The van der Waals surface area contributed by atoms with Gasteiger partial charge in [0.25, 0.3) is 0 Å². The molecule has 0 saturated carbocycles. The fraction of sp³-hybridized carbons (Fsp3) is 0.375. The van der Waals surface area contributed by atoms with Gasteiger partial charge in [0, 0.05) is 37.6 Å². The van der Waals surface area contributed by atoms with Crippen molar-refractivity contribution in [1.82, 2.24) is 14.5 Å². The molecule has 1 saturated heterocycles. The van der Waals surface area contributed by atoms with E-state index in [4.69, 9.17) is 5.73 Å². The number of primary amides is 1. The second-order valence-corrected chi connectivity index (χ2v) is 5.76. The van der Waals surface area contributed by atoms with Crippen molar-refractivity contribution in [3.8, 4) is 5.69 Å². The SMILES string of the molecule is Cc1cc(-n2ccnc2)ccc1CN1C[C@H](F)C[C@H]1C(N)=O. The van der Waals surface area contributed by atoms with Gasteiger partial charge in [-0.1, -0.05) is 6.07 Å². The number of hydrogen-bond donors (Lipinski definition) is 1. The number of amides is 1. The summed E-state index contributed by atoms with van der Waals surface area (Å²) >= 11 is 0. The van der Waals surface area contributed by atoms with Crippen LogP contribution >= 0.6 is 0 Å². The molecule has 1 aromatic carbocycles. The molecular formula is C16H19FN4O. The molecule has 1 amide bonds. The minimum atomic E-state index is -0.983. The molecule has 2 heterocycles. The van der Waals surface area contributed by atoms with Crippen LogP contribution in [0.2, 0.25) is 0 Å². The number of halogens is 1. The topological polar surface area (TPSA) is 64.2 Å². The zero-order valence-electron chi connectivity index (χ0n) is 12.4. The van der Waals surface area contributed by atoms with E-state index >= 15 is 0 Å². The molecule has 116 valence electrons. The van der Waals surface area contributed by atoms with Gasteiger partial charge in [-0.15, -0.1) is 0 Å². The van der Waals surface area contributed by atoms with Crippen LogP contribution in [-0.4, -0.2) is 39.1 Å². The number of alkyl halides is 1. The maximum Gasteiger partial charge on any atom is 0.234 e. The highest BCUT2D eigenvalue weighted by Crippen LogP contribution is 2.24. The summed E-state index contributed by atoms with van der Waals surface area (Å²) in [5.74, 6) is -0.451. The van der Waals surface area contributed by atoms with E-state index in [9.17, 15) is 9.18 Å². The second-order valence-electron chi connectivity index (χ2n) is 5.76. The van der Waals surface area contributed by atoms with Crippen molar-refractivity contribution in [3.63, 3.8) is 0 Å². The number of benzene rings is 1. The monoisotopic (exact) mass is 302 g/mol. The number of rotatable bonds is 4. The lowest BCUT2D eigenvalue weighted by Crippen LogP contribution is -2.39. The zero-order chi connectivity index (χ0) is 15.7. The Balaban J connectivity index is 1.79. The lowest BCUT2D eigenvalue weighted by Gasteiger charge is -2.22. The van der Waals surface area contributed by atoms with Gasteiger partial charge < -0.3 is 10.3 Å². The molecule has 0 bridgehead atoms. The molecule has 0 aliphatic carbocycles. The van der Waals surface area contributed by atoms with Crippen LogP contribution < -0.4 is 5.73 Å². The van der Waals surface area contributed by atoms with Crippen molar-refractivity contribution in [2.75, 3.05) is 6.54 Å². The molecule has 6 heteroatoms. The third kappa shape index (κ3) is 2.87. The second kappa shape index (κ2) is 5.88. The molecule has 1 fully saturated rings. The first-order valence-electron chi connectivity index (χ1n) is 7.30. The quantitative estimate of drug-likeness (QED) is 0.932. The summed E-state index contributed by atoms with van der Waals surface area (Å²) in [7, 11) is 0. The van der Waals surface area contributed by atoms with Crippen molar-refractivity contribution in [3.05, 3.63) is 48.0 Å². The van der Waals surface area contributed by atoms with Gasteiger partial charge in [-0.3, -0.25) is 9.69 Å². The Morgan fingerprint density at radius 2 is 2.32 bits per heavy atom. The number of nitrogens with two attached hydrogens (primary N) is 1. The average Bonchev–Trinajstić information content (AvgIpc) is 3.10. The van der Waals surface area contributed by atoms with Crippen LogP contribution in [0.15, 0.2) is 36.9 Å². The Morgan fingerprint density at radius 1 is 1.50 bits per heavy atom. The van der Waals surface area contributed by atoms with Crippen molar-refractivity contribution in [2.24, 2.45) is 5.73 Å². The van der Waals surface area contributed by atoms with Gasteiger partial charge in [0.05, 0.1) is 12.4 Å². The number of nitrogens with zero attached hydrogens (tertiary/aromatic N) is 3. The highest BCUT2D eigenvalue weighted by atomic mass is 19.1. The summed E-state index contributed by atoms with van der Waals surface area (Å²) in [6.07, 6.45) is 4.56. The number of aromatic nitrogens is 2. The molecule has 22 heavy (non-hydrogen) atoms. The maximum atomic E-state index is 13.6. The molecule has 0 spiro atoms. The van der Waals surface area contributed by atoms with Crippen molar-refractivity contribution in [2.45, 2.75) is 32.1 Å². The van der Waals surface area contributed by atoms with Gasteiger partial charge in [-0.2, -0.15) is 0 Å². The van der Waals surface area contributed by atoms with E-state index < -0.39 is 18.1 Å². The molecule has 3 rings (SSSR count). The molecule has 1 aliphatic heterocycles. The predicted molar refractivity (Wildman–Crippen MR) is 81.2 cm³/mol. The Labute approximate surface area is 128 Å². The Kier molecular flexibility index (Phi) is 3.94. The number of carbonyl (C=O) groups is 1.